The van der Waals surface area contributed by atoms with Gasteiger partial charge in [0.15, 0.2) is 0 Å². The normalized spacial score (nSPS) is 14.4. The molecule has 0 spiro atoms. The Balaban J connectivity index is 1.45. The van der Waals surface area contributed by atoms with E-state index < -0.39 is 0 Å². The Labute approximate surface area is 161 Å². The van der Waals surface area contributed by atoms with E-state index >= 15 is 0 Å². The number of benzene rings is 1. The van der Waals surface area contributed by atoms with Crippen LogP contribution in [0.2, 0.25) is 0 Å². The van der Waals surface area contributed by atoms with Gasteiger partial charge in [0.25, 0.3) is 5.91 Å². The van der Waals surface area contributed by atoms with Crippen molar-refractivity contribution >= 4 is 22.9 Å². The van der Waals surface area contributed by atoms with Gasteiger partial charge in [-0.05, 0) is 43.3 Å². The van der Waals surface area contributed by atoms with E-state index in [1.54, 1.807) is 24.5 Å². The minimum Gasteiger partial charge on any atom is -0.368 e. The van der Waals surface area contributed by atoms with Crippen molar-refractivity contribution in [1.82, 2.24) is 14.9 Å². The Morgan fingerprint density at radius 2 is 1.85 bits per heavy atom. The van der Waals surface area contributed by atoms with Crippen molar-refractivity contribution in [3.05, 3.63) is 65.2 Å². The number of halogens is 1. The van der Waals surface area contributed by atoms with E-state index in [0.29, 0.717) is 18.0 Å². The number of rotatable bonds is 3. The second-order valence-electron chi connectivity index (χ2n) is 6.43. The molecule has 27 heavy (non-hydrogen) atoms. The number of anilines is 1. The smallest absolute Gasteiger partial charge is 0.265 e. The zero-order valence-corrected chi connectivity index (χ0v) is 15.7. The van der Waals surface area contributed by atoms with Crippen LogP contribution >= 0.6 is 11.3 Å². The third-order valence-electron chi connectivity index (χ3n) is 4.66. The number of carbonyl (C=O) groups is 1. The number of hydrogen-bond acceptors (Lipinski definition) is 5. The summed E-state index contributed by atoms with van der Waals surface area (Å²) in [6.07, 6.45) is 3.48. The van der Waals surface area contributed by atoms with E-state index in [2.05, 4.69) is 14.9 Å². The van der Waals surface area contributed by atoms with E-state index in [-0.39, 0.29) is 11.7 Å². The molecule has 1 aliphatic heterocycles. The summed E-state index contributed by atoms with van der Waals surface area (Å²) in [6, 6.07) is 10.3. The number of pyridine rings is 1. The van der Waals surface area contributed by atoms with Crippen LogP contribution in [0.15, 0.2) is 48.8 Å². The minimum absolute atomic E-state index is 0.0268. The van der Waals surface area contributed by atoms with Gasteiger partial charge in [-0.15, -0.1) is 11.3 Å². The SMILES string of the molecule is Cc1nc(-c2cccnc2)sc1C(=O)N1CCN(c2ccc(F)cc2)CC1. The summed E-state index contributed by atoms with van der Waals surface area (Å²) >= 11 is 1.42. The number of piperazine rings is 1. The molecular formula is C20H19FN4OS. The van der Waals surface area contributed by atoms with Gasteiger partial charge < -0.3 is 9.80 Å². The average Bonchev–Trinajstić information content (AvgIpc) is 3.10. The summed E-state index contributed by atoms with van der Waals surface area (Å²) < 4.78 is 13.1. The fourth-order valence-corrected chi connectivity index (χ4v) is 4.20. The first kappa shape index (κ1) is 17.6. The molecule has 0 radical (unpaired) electrons. The molecule has 0 aliphatic carbocycles. The van der Waals surface area contributed by atoms with Crippen LogP contribution < -0.4 is 4.90 Å². The van der Waals surface area contributed by atoms with E-state index in [1.807, 2.05) is 24.0 Å². The molecule has 1 aliphatic rings. The first-order valence-electron chi connectivity index (χ1n) is 8.79. The van der Waals surface area contributed by atoms with E-state index in [9.17, 15) is 9.18 Å². The molecule has 1 fully saturated rings. The molecule has 0 bridgehead atoms. The molecular weight excluding hydrogens is 363 g/mol. The van der Waals surface area contributed by atoms with Gasteiger partial charge in [0, 0.05) is 49.8 Å². The van der Waals surface area contributed by atoms with Gasteiger partial charge in [0.05, 0.1) is 5.69 Å². The van der Waals surface area contributed by atoms with Crippen molar-refractivity contribution in [2.45, 2.75) is 6.92 Å². The van der Waals surface area contributed by atoms with Crippen LogP contribution in [-0.2, 0) is 0 Å². The van der Waals surface area contributed by atoms with Gasteiger partial charge >= 0.3 is 0 Å². The topological polar surface area (TPSA) is 49.3 Å². The number of aryl methyl sites for hydroxylation is 1. The maximum absolute atomic E-state index is 13.1. The van der Waals surface area contributed by atoms with Crippen molar-refractivity contribution in [2.75, 3.05) is 31.1 Å². The van der Waals surface area contributed by atoms with Crippen molar-refractivity contribution in [2.24, 2.45) is 0 Å². The number of aromatic nitrogens is 2. The van der Waals surface area contributed by atoms with Crippen molar-refractivity contribution in [1.29, 1.82) is 0 Å². The number of hydrogen-bond donors (Lipinski definition) is 0. The summed E-state index contributed by atoms with van der Waals surface area (Å²) in [4.78, 5) is 26.4. The Kier molecular flexibility index (Phi) is 4.85. The van der Waals surface area contributed by atoms with Crippen LogP contribution in [0.1, 0.15) is 15.4 Å². The van der Waals surface area contributed by atoms with Gasteiger partial charge in [-0.1, -0.05) is 0 Å². The summed E-state index contributed by atoms with van der Waals surface area (Å²) in [5, 5.41) is 0.814. The molecule has 2 aromatic heterocycles. The molecule has 5 nitrogen and oxygen atoms in total. The molecule has 3 heterocycles. The maximum Gasteiger partial charge on any atom is 0.265 e. The minimum atomic E-state index is -0.238. The molecule has 4 rings (SSSR count). The third-order valence-corrected chi connectivity index (χ3v) is 5.85. The molecule has 1 saturated heterocycles. The Bertz CT molecular complexity index is 934. The monoisotopic (exact) mass is 382 g/mol. The average molecular weight is 382 g/mol. The van der Waals surface area contributed by atoms with E-state index in [0.717, 1.165) is 35.0 Å². The highest BCUT2D eigenvalue weighted by Gasteiger charge is 2.25. The van der Waals surface area contributed by atoms with Gasteiger partial charge in [0.2, 0.25) is 0 Å². The number of thiazole rings is 1. The third kappa shape index (κ3) is 3.68. The molecule has 3 aromatic rings. The van der Waals surface area contributed by atoms with E-state index in [1.165, 1.54) is 23.5 Å². The van der Waals surface area contributed by atoms with Crippen LogP contribution in [0.5, 0.6) is 0 Å². The lowest BCUT2D eigenvalue weighted by Crippen LogP contribution is -2.48. The highest BCUT2D eigenvalue weighted by Crippen LogP contribution is 2.28. The fourth-order valence-electron chi connectivity index (χ4n) is 3.17. The summed E-state index contributed by atoms with van der Waals surface area (Å²) in [5.74, 6) is -0.212. The van der Waals surface area contributed by atoms with Crippen molar-refractivity contribution in [3.8, 4) is 10.6 Å². The lowest BCUT2D eigenvalue weighted by Gasteiger charge is -2.36. The summed E-state index contributed by atoms with van der Waals surface area (Å²) in [7, 11) is 0. The van der Waals surface area contributed by atoms with Crippen LogP contribution in [-0.4, -0.2) is 47.0 Å². The Morgan fingerprint density at radius 3 is 2.52 bits per heavy atom. The van der Waals surface area contributed by atoms with Gasteiger partial charge in [-0.25, -0.2) is 9.37 Å². The molecule has 0 unspecified atom stereocenters. The standard InChI is InChI=1S/C20H19FN4OS/c1-14-18(27-19(23-14)15-3-2-8-22-13-15)20(26)25-11-9-24(10-12-25)17-6-4-16(21)5-7-17/h2-8,13H,9-12H2,1H3. The number of carbonyl (C=O) groups excluding carboxylic acids is 1. The second kappa shape index (κ2) is 7.44. The molecule has 7 heteroatoms. The number of nitrogens with zero attached hydrogens (tertiary/aromatic N) is 4. The first-order chi connectivity index (χ1) is 13.1. The van der Waals surface area contributed by atoms with E-state index in [4.69, 9.17) is 0 Å². The predicted octanol–water partition coefficient (Wildman–Crippen LogP) is 3.62. The largest absolute Gasteiger partial charge is 0.368 e. The molecule has 138 valence electrons. The van der Waals surface area contributed by atoms with Crippen LogP contribution in [0.25, 0.3) is 10.6 Å². The summed E-state index contributed by atoms with van der Waals surface area (Å²) in [5.41, 5.74) is 2.66. The van der Waals surface area contributed by atoms with Gasteiger partial charge in [-0.2, -0.15) is 0 Å². The molecule has 1 aromatic carbocycles. The summed E-state index contributed by atoms with van der Waals surface area (Å²) in [6.45, 7) is 4.60. The molecule has 1 amide bonds. The molecule has 0 atom stereocenters. The maximum atomic E-state index is 13.1. The van der Waals surface area contributed by atoms with Gasteiger partial charge in [0.1, 0.15) is 15.7 Å². The molecule has 0 N–H and O–H groups in total. The van der Waals surface area contributed by atoms with Crippen LogP contribution in [0, 0.1) is 12.7 Å². The number of amides is 1. The zero-order valence-electron chi connectivity index (χ0n) is 14.9. The van der Waals surface area contributed by atoms with Crippen LogP contribution in [0.3, 0.4) is 0 Å². The van der Waals surface area contributed by atoms with Crippen molar-refractivity contribution < 1.29 is 9.18 Å². The highest BCUT2D eigenvalue weighted by molar-refractivity contribution is 7.17. The lowest BCUT2D eigenvalue weighted by molar-refractivity contribution is 0.0750. The Hall–Kier alpha value is -2.80. The zero-order chi connectivity index (χ0) is 18.8. The lowest BCUT2D eigenvalue weighted by atomic mass is 10.2. The highest BCUT2D eigenvalue weighted by atomic mass is 32.1. The van der Waals surface area contributed by atoms with Gasteiger partial charge in [-0.3, -0.25) is 9.78 Å². The second-order valence-corrected chi connectivity index (χ2v) is 7.43. The molecule has 0 saturated carbocycles. The first-order valence-corrected chi connectivity index (χ1v) is 9.61. The van der Waals surface area contributed by atoms with Crippen molar-refractivity contribution in [3.63, 3.8) is 0 Å². The Morgan fingerprint density at radius 1 is 1.11 bits per heavy atom. The fraction of sp³-hybridized carbons (Fsp3) is 0.250. The quantitative estimate of drug-likeness (QED) is 0.694. The van der Waals surface area contributed by atoms with Crippen LogP contribution in [0.4, 0.5) is 10.1 Å². The predicted molar refractivity (Wildman–Crippen MR) is 105 cm³/mol.